The number of likely N-dealkylation sites (tertiary alicyclic amines) is 1. The molecule has 0 N–H and O–H groups in total. The van der Waals surface area contributed by atoms with Gasteiger partial charge in [0.15, 0.2) is 0 Å². The van der Waals surface area contributed by atoms with E-state index < -0.39 is 0 Å². The SMILES string of the molecule is CCN(C(=O)CN1CCCC1Cc1ccccc1)c1ccccc1C. The fourth-order valence-corrected chi connectivity index (χ4v) is 3.83. The molecule has 2 aromatic rings. The van der Waals surface area contributed by atoms with Gasteiger partial charge in [-0.3, -0.25) is 9.69 Å². The highest BCUT2D eigenvalue weighted by atomic mass is 16.2. The molecule has 1 amide bonds. The number of para-hydroxylation sites is 1. The van der Waals surface area contributed by atoms with Crippen LogP contribution < -0.4 is 4.90 Å². The number of hydrogen-bond acceptors (Lipinski definition) is 2. The molecule has 1 atom stereocenters. The molecule has 0 radical (unpaired) electrons. The fourth-order valence-electron chi connectivity index (χ4n) is 3.83. The molecule has 1 heterocycles. The molecule has 0 aliphatic carbocycles. The van der Waals surface area contributed by atoms with Gasteiger partial charge in [-0.2, -0.15) is 0 Å². The number of carbonyl (C=O) groups is 1. The maximum Gasteiger partial charge on any atom is 0.241 e. The van der Waals surface area contributed by atoms with Gasteiger partial charge in [-0.25, -0.2) is 0 Å². The Balaban J connectivity index is 1.67. The molecule has 25 heavy (non-hydrogen) atoms. The zero-order valence-corrected chi connectivity index (χ0v) is 15.3. The van der Waals surface area contributed by atoms with Crippen molar-refractivity contribution in [2.24, 2.45) is 0 Å². The lowest BCUT2D eigenvalue weighted by atomic mass is 10.0. The van der Waals surface area contributed by atoms with E-state index in [1.54, 1.807) is 0 Å². The summed E-state index contributed by atoms with van der Waals surface area (Å²) < 4.78 is 0. The Kier molecular flexibility index (Phi) is 5.87. The Hall–Kier alpha value is -2.13. The molecular formula is C22H28N2O. The largest absolute Gasteiger partial charge is 0.311 e. The van der Waals surface area contributed by atoms with Gasteiger partial charge >= 0.3 is 0 Å². The van der Waals surface area contributed by atoms with E-state index >= 15 is 0 Å². The van der Waals surface area contributed by atoms with Gasteiger partial charge < -0.3 is 4.90 Å². The minimum atomic E-state index is 0.205. The number of rotatable bonds is 6. The van der Waals surface area contributed by atoms with Gasteiger partial charge in [0.05, 0.1) is 6.54 Å². The Labute approximate surface area is 151 Å². The lowest BCUT2D eigenvalue weighted by Crippen LogP contribution is -2.43. The van der Waals surface area contributed by atoms with Crippen molar-refractivity contribution in [2.75, 3.05) is 24.5 Å². The quantitative estimate of drug-likeness (QED) is 0.794. The van der Waals surface area contributed by atoms with Crippen LogP contribution in [0.1, 0.15) is 30.9 Å². The maximum atomic E-state index is 13.0. The number of benzene rings is 2. The van der Waals surface area contributed by atoms with Crippen molar-refractivity contribution in [1.29, 1.82) is 0 Å². The van der Waals surface area contributed by atoms with E-state index in [4.69, 9.17) is 0 Å². The second kappa shape index (κ2) is 8.30. The first kappa shape index (κ1) is 17.7. The van der Waals surface area contributed by atoms with Gasteiger partial charge in [-0.15, -0.1) is 0 Å². The molecule has 1 unspecified atom stereocenters. The lowest BCUT2D eigenvalue weighted by Gasteiger charge is -2.29. The Morgan fingerprint density at radius 3 is 2.56 bits per heavy atom. The summed E-state index contributed by atoms with van der Waals surface area (Å²) in [5, 5.41) is 0. The predicted molar refractivity (Wildman–Crippen MR) is 104 cm³/mol. The second-order valence-electron chi connectivity index (χ2n) is 6.88. The number of aryl methyl sites for hydroxylation is 1. The highest BCUT2D eigenvalue weighted by Gasteiger charge is 2.28. The molecule has 0 aromatic heterocycles. The van der Waals surface area contributed by atoms with Crippen molar-refractivity contribution in [3.8, 4) is 0 Å². The first-order valence-electron chi connectivity index (χ1n) is 9.33. The first-order chi connectivity index (χ1) is 12.2. The van der Waals surface area contributed by atoms with Gasteiger partial charge in [0.1, 0.15) is 0 Å². The summed E-state index contributed by atoms with van der Waals surface area (Å²) in [5.74, 6) is 0.205. The van der Waals surface area contributed by atoms with Gasteiger partial charge in [-0.1, -0.05) is 48.5 Å². The highest BCUT2D eigenvalue weighted by Crippen LogP contribution is 2.23. The molecule has 0 spiro atoms. The molecule has 132 valence electrons. The normalized spacial score (nSPS) is 17.6. The third-order valence-electron chi connectivity index (χ3n) is 5.18. The van der Waals surface area contributed by atoms with Crippen LogP contribution in [0, 0.1) is 6.92 Å². The highest BCUT2D eigenvalue weighted by molar-refractivity contribution is 5.95. The van der Waals surface area contributed by atoms with Crippen LogP contribution in [0.25, 0.3) is 0 Å². The molecule has 2 aromatic carbocycles. The number of amides is 1. The van der Waals surface area contributed by atoms with E-state index in [1.807, 2.05) is 23.1 Å². The molecule has 1 aliphatic rings. The van der Waals surface area contributed by atoms with Gasteiger partial charge in [0.2, 0.25) is 5.91 Å². The van der Waals surface area contributed by atoms with E-state index in [0.29, 0.717) is 19.1 Å². The van der Waals surface area contributed by atoms with Gasteiger partial charge in [-0.05, 0) is 56.8 Å². The summed E-state index contributed by atoms with van der Waals surface area (Å²) in [6, 6.07) is 19.2. The first-order valence-corrected chi connectivity index (χ1v) is 9.33. The van der Waals surface area contributed by atoms with Crippen molar-refractivity contribution in [1.82, 2.24) is 4.90 Å². The van der Waals surface area contributed by atoms with Crippen LogP contribution in [-0.4, -0.2) is 36.5 Å². The van der Waals surface area contributed by atoms with Crippen LogP contribution in [0.5, 0.6) is 0 Å². The van der Waals surface area contributed by atoms with E-state index in [2.05, 4.69) is 55.1 Å². The number of likely N-dealkylation sites (N-methyl/N-ethyl adjacent to an activating group) is 1. The summed E-state index contributed by atoms with van der Waals surface area (Å²) in [6.07, 6.45) is 3.39. The number of nitrogens with zero attached hydrogens (tertiary/aromatic N) is 2. The maximum absolute atomic E-state index is 13.0. The molecule has 1 aliphatic heterocycles. The number of anilines is 1. The molecule has 0 bridgehead atoms. The Morgan fingerprint density at radius 2 is 1.84 bits per heavy atom. The standard InChI is InChI=1S/C22H28N2O/c1-3-24(21-14-8-7-10-18(21)2)22(25)17-23-15-9-13-20(23)16-19-11-5-4-6-12-19/h4-8,10-12,14,20H,3,9,13,15-17H2,1-2H3. The summed E-state index contributed by atoms with van der Waals surface area (Å²) in [4.78, 5) is 17.3. The van der Waals surface area contributed by atoms with Crippen molar-refractivity contribution in [2.45, 2.75) is 39.2 Å². The average molecular weight is 336 g/mol. The minimum absolute atomic E-state index is 0.205. The topological polar surface area (TPSA) is 23.6 Å². The van der Waals surface area contributed by atoms with Crippen LogP contribution in [-0.2, 0) is 11.2 Å². The van der Waals surface area contributed by atoms with Gasteiger partial charge in [0.25, 0.3) is 0 Å². The molecular weight excluding hydrogens is 308 g/mol. The van der Waals surface area contributed by atoms with E-state index in [-0.39, 0.29) is 5.91 Å². The molecule has 0 saturated carbocycles. The number of hydrogen-bond donors (Lipinski definition) is 0. The third kappa shape index (κ3) is 4.29. The second-order valence-corrected chi connectivity index (χ2v) is 6.88. The van der Waals surface area contributed by atoms with Gasteiger partial charge in [0, 0.05) is 18.3 Å². The molecule has 3 nitrogen and oxygen atoms in total. The molecule has 3 heteroatoms. The summed E-state index contributed by atoms with van der Waals surface area (Å²) in [7, 11) is 0. The summed E-state index contributed by atoms with van der Waals surface area (Å²) in [6.45, 7) is 6.37. The van der Waals surface area contributed by atoms with Crippen molar-refractivity contribution in [3.63, 3.8) is 0 Å². The third-order valence-corrected chi connectivity index (χ3v) is 5.18. The summed E-state index contributed by atoms with van der Waals surface area (Å²) in [5.41, 5.74) is 3.55. The van der Waals surface area contributed by atoms with Crippen LogP contribution in [0.4, 0.5) is 5.69 Å². The average Bonchev–Trinajstić information content (AvgIpc) is 3.05. The molecule has 1 fully saturated rings. The smallest absolute Gasteiger partial charge is 0.241 e. The molecule has 3 rings (SSSR count). The van der Waals surface area contributed by atoms with Crippen LogP contribution in [0.3, 0.4) is 0 Å². The fraction of sp³-hybridized carbons (Fsp3) is 0.409. The van der Waals surface area contributed by atoms with E-state index in [9.17, 15) is 4.79 Å². The monoisotopic (exact) mass is 336 g/mol. The van der Waals surface area contributed by atoms with Crippen molar-refractivity contribution in [3.05, 3.63) is 65.7 Å². The van der Waals surface area contributed by atoms with E-state index in [0.717, 1.165) is 24.2 Å². The van der Waals surface area contributed by atoms with Crippen LogP contribution in [0.15, 0.2) is 54.6 Å². The molecule has 1 saturated heterocycles. The van der Waals surface area contributed by atoms with Crippen molar-refractivity contribution < 1.29 is 4.79 Å². The van der Waals surface area contributed by atoms with E-state index in [1.165, 1.54) is 18.4 Å². The Bertz CT molecular complexity index is 698. The van der Waals surface area contributed by atoms with Crippen LogP contribution >= 0.6 is 0 Å². The minimum Gasteiger partial charge on any atom is -0.311 e. The predicted octanol–water partition coefficient (Wildman–Crippen LogP) is 4.06. The Morgan fingerprint density at radius 1 is 1.12 bits per heavy atom. The summed E-state index contributed by atoms with van der Waals surface area (Å²) >= 11 is 0. The number of carbonyl (C=O) groups excluding carboxylic acids is 1. The zero-order valence-electron chi connectivity index (χ0n) is 15.3. The van der Waals surface area contributed by atoms with Crippen LogP contribution in [0.2, 0.25) is 0 Å². The lowest BCUT2D eigenvalue weighted by molar-refractivity contribution is -0.119. The zero-order chi connectivity index (χ0) is 17.6. The van der Waals surface area contributed by atoms with Crippen molar-refractivity contribution >= 4 is 11.6 Å².